The zero-order valence-electron chi connectivity index (χ0n) is 9.24. The summed E-state index contributed by atoms with van der Waals surface area (Å²) >= 11 is 3.33. The van der Waals surface area contributed by atoms with E-state index in [9.17, 15) is 5.11 Å². The summed E-state index contributed by atoms with van der Waals surface area (Å²) in [6.07, 6.45) is 1.60. The van der Waals surface area contributed by atoms with Crippen molar-refractivity contribution >= 4 is 27.7 Å². The Balaban J connectivity index is 2.86. The molecular weight excluding hydrogens is 274 g/mol. The van der Waals surface area contributed by atoms with Crippen molar-refractivity contribution in [1.82, 2.24) is 9.97 Å². The summed E-state index contributed by atoms with van der Waals surface area (Å²) in [5, 5.41) is 12.3. The highest BCUT2D eigenvalue weighted by Gasteiger charge is 2.14. The molecule has 1 atom stereocenters. The molecule has 0 aliphatic heterocycles. The summed E-state index contributed by atoms with van der Waals surface area (Å²) in [6.45, 7) is 4.08. The minimum Gasteiger partial charge on any atom is -0.394 e. The predicted molar refractivity (Wildman–Crippen MR) is 66.9 cm³/mol. The maximum absolute atomic E-state index is 9.21. The second-order valence-electron chi connectivity index (χ2n) is 3.71. The van der Waals surface area contributed by atoms with Gasteiger partial charge >= 0.3 is 0 Å². The van der Waals surface area contributed by atoms with E-state index in [4.69, 9.17) is 5.84 Å². The number of nitrogen functional groups attached to an aromatic ring is 1. The largest absolute Gasteiger partial charge is 0.394 e. The number of nitrogens with zero attached hydrogens (tertiary/aromatic N) is 2. The molecule has 0 spiro atoms. The first-order chi connectivity index (χ1) is 7.58. The second-order valence-corrected chi connectivity index (χ2v) is 4.57. The Morgan fingerprint density at radius 3 is 2.75 bits per heavy atom. The van der Waals surface area contributed by atoms with Crippen molar-refractivity contribution in [3.63, 3.8) is 0 Å². The van der Waals surface area contributed by atoms with Crippen LogP contribution < -0.4 is 16.6 Å². The Morgan fingerprint density at radius 1 is 1.56 bits per heavy atom. The lowest BCUT2D eigenvalue weighted by atomic mass is 10.1. The van der Waals surface area contributed by atoms with Crippen LogP contribution in [0.3, 0.4) is 0 Å². The van der Waals surface area contributed by atoms with Crippen molar-refractivity contribution in [3.05, 3.63) is 10.7 Å². The summed E-state index contributed by atoms with van der Waals surface area (Å²) in [4.78, 5) is 8.08. The van der Waals surface area contributed by atoms with Gasteiger partial charge in [-0.25, -0.2) is 10.8 Å². The summed E-state index contributed by atoms with van der Waals surface area (Å²) in [5.41, 5.74) is 2.37. The van der Waals surface area contributed by atoms with Gasteiger partial charge in [0.1, 0.15) is 5.82 Å². The van der Waals surface area contributed by atoms with Crippen LogP contribution in [0, 0.1) is 5.92 Å². The fourth-order valence-corrected chi connectivity index (χ4v) is 1.44. The molecule has 0 aromatic carbocycles. The molecule has 1 aromatic heterocycles. The van der Waals surface area contributed by atoms with Gasteiger partial charge in [-0.1, -0.05) is 13.8 Å². The molecule has 0 saturated carbocycles. The lowest BCUT2D eigenvalue weighted by Gasteiger charge is -2.21. The first-order valence-corrected chi connectivity index (χ1v) is 5.74. The van der Waals surface area contributed by atoms with Gasteiger partial charge in [0.2, 0.25) is 5.95 Å². The molecule has 0 aliphatic rings. The van der Waals surface area contributed by atoms with E-state index in [1.165, 1.54) is 0 Å². The second kappa shape index (κ2) is 5.97. The molecule has 1 unspecified atom stereocenters. The number of rotatable bonds is 5. The van der Waals surface area contributed by atoms with Gasteiger partial charge in [-0.2, -0.15) is 4.98 Å². The van der Waals surface area contributed by atoms with Crippen LogP contribution in [0.2, 0.25) is 0 Å². The van der Waals surface area contributed by atoms with Gasteiger partial charge in [-0.05, 0) is 21.8 Å². The van der Waals surface area contributed by atoms with Crippen molar-refractivity contribution in [2.24, 2.45) is 11.8 Å². The van der Waals surface area contributed by atoms with E-state index in [1.54, 1.807) is 6.20 Å². The van der Waals surface area contributed by atoms with Crippen LogP contribution in [-0.4, -0.2) is 27.7 Å². The molecule has 90 valence electrons. The summed E-state index contributed by atoms with van der Waals surface area (Å²) in [7, 11) is 0. The average Bonchev–Trinajstić information content (AvgIpc) is 2.27. The number of nitrogens with one attached hydrogen (secondary N) is 2. The van der Waals surface area contributed by atoms with E-state index in [-0.39, 0.29) is 12.6 Å². The van der Waals surface area contributed by atoms with Crippen molar-refractivity contribution in [3.8, 4) is 0 Å². The van der Waals surface area contributed by atoms with Crippen LogP contribution in [0.5, 0.6) is 0 Å². The van der Waals surface area contributed by atoms with Crippen LogP contribution >= 0.6 is 15.9 Å². The van der Waals surface area contributed by atoms with Crippen LogP contribution in [0.1, 0.15) is 13.8 Å². The van der Waals surface area contributed by atoms with E-state index in [2.05, 4.69) is 36.6 Å². The Labute approximate surface area is 103 Å². The highest BCUT2D eigenvalue weighted by Crippen LogP contribution is 2.21. The van der Waals surface area contributed by atoms with Crippen LogP contribution in [0.4, 0.5) is 11.8 Å². The summed E-state index contributed by atoms with van der Waals surface area (Å²) in [6, 6.07) is -0.0585. The minimum atomic E-state index is -0.0585. The molecule has 0 fully saturated rings. The lowest BCUT2D eigenvalue weighted by molar-refractivity contribution is 0.249. The fourth-order valence-electron chi connectivity index (χ4n) is 1.14. The molecule has 16 heavy (non-hydrogen) atoms. The molecule has 7 heteroatoms. The van der Waals surface area contributed by atoms with Gasteiger partial charge in [0.15, 0.2) is 0 Å². The Hall–Kier alpha value is -0.920. The van der Waals surface area contributed by atoms with Crippen LogP contribution in [-0.2, 0) is 0 Å². The maximum Gasteiger partial charge on any atom is 0.239 e. The molecule has 0 radical (unpaired) electrons. The number of aliphatic hydroxyl groups excluding tert-OH is 1. The highest BCUT2D eigenvalue weighted by molar-refractivity contribution is 9.10. The van der Waals surface area contributed by atoms with Gasteiger partial charge in [-0.15, -0.1) is 0 Å². The van der Waals surface area contributed by atoms with Crippen molar-refractivity contribution in [2.75, 3.05) is 17.3 Å². The highest BCUT2D eigenvalue weighted by atomic mass is 79.9. The number of halogens is 1. The Kier molecular flexibility index (Phi) is 4.91. The summed E-state index contributed by atoms with van der Waals surface area (Å²) in [5.74, 6) is 6.45. The number of aliphatic hydroxyl groups is 1. The van der Waals surface area contributed by atoms with Crippen LogP contribution in [0.25, 0.3) is 0 Å². The topological polar surface area (TPSA) is 96.1 Å². The number of anilines is 2. The smallest absolute Gasteiger partial charge is 0.239 e. The zero-order valence-corrected chi connectivity index (χ0v) is 10.8. The molecule has 1 heterocycles. The van der Waals surface area contributed by atoms with Gasteiger partial charge in [0.25, 0.3) is 0 Å². The predicted octanol–water partition coefficient (Wildman–Crippen LogP) is 0.954. The molecular formula is C9H16BrN5O. The number of hydrogen-bond donors (Lipinski definition) is 4. The number of hydrazine groups is 1. The van der Waals surface area contributed by atoms with Gasteiger partial charge < -0.3 is 10.4 Å². The molecule has 0 amide bonds. The van der Waals surface area contributed by atoms with E-state index in [1.807, 2.05) is 13.8 Å². The van der Waals surface area contributed by atoms with Crippen LogP contribution in [0.15, 0.2) is 10.7 Å². The van der Waals surface area contributed by atoms with E-state index in [0.29, 0.717) is 17.7 Å². The SMILES string of the molecule is CC(C)C(CO)Nc1nc(NN)ncc1Br. The molecule has 1 rings (SSSR count). The molecule has 5 N–H and O–H groups in total. The summed E-state index contributed by atoms with van der Waals surface area (Å²) < 4.78 is 0.727. The zero-order chi connectivity index (χ0) is 12.1. The van der Waals surface area contributed by atoms with Gasteiger partial charge in [0.05, 0.1) is 17.1 Å². The van der Waals surface area contributed by atoms with Gasteiger partial charge in [0, 0.05) is 6.20 Å². The minimum absolute atomic E-state index is 0.0412. The molecule has 1 aromatic rings. The Bertz CT molecular complexity index is 347. The van der Waals surface area contributed by atoms with Crippen molar-refractivity contribution in [2.45, 2.75) is 19.9 Å². The molecule has 0 bridgehead atoms. The fraction of sp³-hybridized carbons (Fsp3) is 0.556. The number of nitrogens with two attached hydrogens (primary N) is 1. The van der Waals surface area contributed by atoms with Gasteiger partial charge in [-0.3, -0.25) is 5.43 Å². The Morgan fingerprint density at radius 2 is 2.25 bits per heavy atom. The third kappa shape index (κ3) is 3.29. The third-order valence-electron chi connectivity index (χ3n) is 2.20. The monoisotopic (exact) mass is 289 g/mol. The van der Waals surface area contributed by atoms with E-state index < -0.39 is 0 Å². The molecule has 6 nitrogen and oxygen atoms in total. The average molecular weight is 290 g/mol. The first-order valence-electron chi connectivity index (χ1n) is 4.95. The van der Waals surface area contributed by atoms with Crippen molar-refractivity contribution in [1.29, 1.82) is 0 Å². The quantitative estimate of drug-likeness (QED) is 0.476. The lowest BCUT2D eigenvalue weighted by Crippen LogP contribution is -2.30. The number of hydrogen-bond acceptors (Lipinski definition) is 6. The normalized spacial score (nSPS) is 12.6. The molecule has 0 aliphatic carbocycles. The van der Waals surface area contributed by atoms with Crippen molar-refractivity contribution < 1.29 is 5.11 Å². The third-order valence-corrected chi connectivity index (χ3v) is 2.78. The number of aromatic nitrogens is 2. The maximum atomic E-state index is 9.21. The standard InChI is InChI=1S/C9H16BrN5O/c1-5(2)7(4-16)13-8-6(10)3-12-9(14-8)15-11/h3,5,7,16H,4,11H2,1-2H3,(H2,12,13,14,15). The van der Waals surface area contributed by atoms with E-state index >= 15 is 0 Å². The van der Waals surface area contributed by atoms with E-state index in [0.717, 1.165) is 4.47 Å². The molecule has 0 saturated heterocycles. The first kappa shape index (κ1) is 13.1.